The highest BCUT2D eigenvalue weighted by Crippen LogP contribution is 2.38. The third kappa shape index (κ3) is 2.49. The van der Waals surface area contributed by atoms with Gasteiger partial charge in [0.25, 0.3) is 0 Å². The van der Waals surface area contributed by atoms with E-state index in [-0.39, 0.29) is 10.6 Å². The number of ether oxygens (including phenoxy) is 1. The van der Waals surface area contributed by atoms with Crippen LogP contribution in [0.15, 0.2) is 36.4 Å². The Kier molecular flexibility index (Phi) is 3.50. The van der Waals surface area contributed by atoms with Crippen LogP contribution in [0.1, 0.15) is 21.5 Å². The van der Waals surface area contributed by atoms with Crippen LogP contribution in [-0.2, 0) is 6.42 Å². The lowest BCUT2D eigenvalue weighted by molar-refractivity contribution is 0.357. The second-order valence-electron chi connectivity index (χ2n) is 4.49. The lowest BCUT2D eigenvalue weighted by atomic mass is 10.0. The van der Waals surface area contributed by atoms with Crippen molar-refractivity contribution in [1.82, 2.24) is 0 Å². The minimum absolute atomic E-state index is 0.0495. The van der Waals surface area contributed by atoms with Crippen LogP contribution in [0.4, 0.5) is 4.39 Å². The van der Waals surface area contributed by atoms with Gasteiger partial charge in [0.05, 0.1) is 11.4 Å². The molecule has 19 heavy (non-hydrogen) atoms. The molecule has 2 aromatic rings. The molecule has 0 saturated heterocycles. The van der Waals surface area contributed by atoms with Crippen LogP contribution >= 0.6 is 27.5 Å². The molecule has 0 saturated carbocycles. The number of benzene rings is 2. The highest BCUT2D eigenvalue weighted by atomic mass is 79.9. The van der Waals surface area contributed by atoms with Gasteiger partial charge in [-0.3, -0.25) is 0 Å². The molecule has 0 N–H and O–H groups in total. The molecule has 1 aliphatic rings. The van der Waals surface area contributed by atoms with Crippen molar-refractivity contribution in [1.29, 1.82) is 0 Å². The molecule has 1 aliphatic heterocycles. The number of alkyl halides is 1. The van der Waals surface area contributed by atoms with Crippen molar-refractivity contribution in [3.05, 3.63) is 63.9 Å². The monoisotopic (exact) mass is 340 g/mol. The van der Waals surface area contributed by atoms with Crippen molar-refractivity contribution < 1.29 is 9.13 Å². The molecule has 1 unspecified atom stereocenters. The van der Waals surface area contributed by atoms with Gasteiger partial charge in [-0.25, -0.2) is 4.39 Å². The van der Waals surface area contributed by atoms with E-state index in [2.05, 4.69) is 22.0 Å². The fourth-order valence-electron chi connectivity index (χ4n) is 2.25. The summed E-state index contributed by atoms with van der Waals surface area (Å²) in [7, 11) is 0. The maximum atomic E-state index is 13.1. The van der Waals surface area contributed by atoms with Gasteiger partial charge in [0.1, 0.15) is 11.6 Å². The van der Waals surface area contributed by atoms with Gasteiger partial charge in [0, 0.05) is 11.4 Å². The van der Waals surface area contributed by atoms with Gasteiger partial charge in [-0.1, -0.05) is 45.7 Å². The van der Waals surface area contributed by atoms with E-state index in [0.717, 1.165) is 29.9 Å². The summed E-state index contributed by atoms with van der Waals surface area (Å²) in [6, 6.07) is 10.6. The largest absolute Gasteiger partial charge is 0.493 e. The van der Waals surface area contributed by atoms with E-state index >= 15 is 0 Å². The first-order valence-electron chi connectivity index (χ1n) is 6.00. The minimum atomic E-state index is -0.323. The molecule has 2 aromatic carbocycles. The quantitative estimate of drug-likeness (QED) is 0.706. The van der Waals surface area contributed by atoms with Crippen molar-refractivity contribution in [2.75, 3.05) is 6.61 Å². The van der Waals surface area contributed by atoms with Crippen molar-refractivity contribution in [2.24, 2.45) is 0 Å². The molecule has 3 rings (SSSR count). The van der Waals surface area contributed by atoms with Crippen LogP contribution in [0.3, 0.4) is 0 Å². The molecule has 0 aliphatic carbocycles. The second kappa shape index (κ2) is 5.14. The van der Waals surface area contributed by atoms with E-state index in [0.29, 0.717) is 5.02 Å². The molecule has 0 fully saturated rings. The third-order valence-electron chi connectivity index (χ3n) is 3.24. The maximum Gasteiger partial charge on any atom is 0.124 e. The standard InChI is InChI=1S/C15H11BrClFO/c16-15(12-3-2-11(18)8-13(12)17)10-1-4-14-9(7-10)5-6-19-14/h1-4,7-8,15H,5-6H2. The molecule has 4 heteroatoms. The normalized spacial score (nSPS) is 14.9. The van der Waals surface area contributed by atoms with E-state index in [1.165, 1.54) is 17.7 Å². The molecule has 0 spiro atoms. The van der Waals surface area contributed by atoms with E-state index < -0.39 is 0 Å². The van der Waals surface area contributed by atoms with E-state index in [4.69, 9.17) is 16.3 Å². The minimum Gasteiger partial charge on any atom is -0.493 e. The summed E-state index contributed by atoms with van der Waals surface area (Å²) in [5.41, 5.74) is 3.17. The van der Waals surface area contributed by atoms with Crippen molar-refractivity contribution in [3.63, 3.8) is 0 Å². The van der Waals surface area contributed by atoms with Crippen LogP contribution in [0, 0.1) is 5.82 Å². The smallest absolute Gasteiger partial charge is 0.124 e. The fraction of sp³-hybridized carbons (Fsp3) is 0.200. The molecule has 1 atom stereocenters. The zero-order valence-electron chi connectivity index (χ0n) is 10.00. The van der Waals surface area contributed by atoms with E-state index in [9.17, 15) is 4.39 Å². The zero-order valence-corrected chi connectivity index (χ0v) is 12.3. The average molecular weight is 342 g/mol. The van der Waals surface area contributed by atoms with Gasteiger partial charge in [0.2, 0.25) is 0 Å². The predicted octanol–water partition coefficient (Wildman–Crippen LogP) is 4.90. The van der Waals surface area contributed by atoms with E-state index in [1.54, 1.807) is 6.07 Å². The van der Waals surface area contributed by atoms with Gasteiger partial charge in [-0.15, -0.1) is 0 Å². The average Bonchev–Trinajstić information content (AvgIpc) is 2.85. The molecular weight excluding hydrogens is 331 g/mol. The fourth-order valence-corrected chi connectivity index (χ4v) is 3.34. The second-order valence-corrected chi connectivity index (χ2v) is 5.82. The SMILES string of the molecule is Fc1ccc(C(Br)c2ccc3c(c2)CCO3)c(Cl)c1. The molecule has 0 radical (unpaired) electrons. The Morgan fingerprint density at radius 1 is 1.21 bits per heavy atom. The van der Waals surface area contributed by atoms with E-state index in [1.807, 2.05) is 12.1 Å². The maximum absolute atomic E-state index is 13.1. The molecule has 0 amide bonds. The van der Waals surface area contributed by atoms with Gasteiger partial charge in [-0.05, 0) is 34.9 Å². The van der Waals surface area contributed by atoms with Gasteiger partial charge in [-0.2, -0.15) is 0 Å². The Labute approximate surface area is 124 Å². The van der Waals surface area contributed by atoms with Crippen LogP contribution in [0.25, 0.3) is 0 Å². The Balaban J connectivity index is 1.97. The van der Waals surface area contributed by atoms with Crippen molar-refractivity contribution in [2.45, 2.75) is 11.2 Å². The number of hydrogen-bond donors (Lipinski definition) is 0. The Morgan fingerprint density at radius 2 is 2.05 bits per heavy atom. The van der Waals surface area contributed by atoms with Gasteiger partial charge in [0.15, 0.2) is 0 Å². The highest BCUT2D eigenvalue weighted by molar-refractivity contribution is 9.09. The van der Waals surface area contributed by atoms with Gasteiger partial charge >= 0.3 is 0 Å². The summed E-state index contributed by atoms with van der Waals surface area (Å²) in [4.78, 5) is -0.0495. The summed E-state index contributed by atoms with van der Waals surface area (Å²) in [6.07, 6.45) is 0.931. The van der Waals surface area contributed by atoms with Gasteiger partial charge < -0.3 is 4.74 Å². The summed E-state index contributed by atoms with van der Waals surface area (Å²) < 4.78 is 18.6. The van der Waals surface area contributed by atoms with Crippen LogP contribution < -0.4 is 4.74 Å². The first-order chi connectivity index (χ1) is 9.15. The summed E-state index contributed by atoms with van der Waals surface area (Å²) in [5.74, 6) is 0.629. The summed E-state index contributed by atoms with van der Waals surface area (Å²) >= 11 is 9.73. The van der Waals surface area contributed by atoms with Crippen LogP contribution in [0.5, 0.6) is 5.75 Å². The lowest BCUT2D eigenvalue weighted by Crippen LogP contribution is -1.95. The van der Waals surface area contributed by atoms with Crippen molar-refractivity contribution in [3.8, 4) is 5.75 Å². The third-order valence-corrected chi connectivity index (χ3v) is 4.59. The molecule has 0 aromatic heterocycles. The lowest BCUT2D eigenvalue weighted by Gasteiger charge is -2.13. The zero-order chi connectivity index (χ0) is 13.4. The topological polar surface area (TPSA) is 9.23 Å². The number of hydrogen-bond acceptors (Lipinski definition) is 1. The first-order valence-corrected chi connectivity index (χ1v) is 7.29. The van der Waals surface area contributed by atoms with Crippen LogP contribution in [-0.4, -0.2) is 6.61 Å². The number of rotatable bonds is 2. The molecule has 1 nitrogen and oxygen atoms in total. The molecule has 98 valence electrons. The predicted molar refractivity (Wildman–Crippen MR) is 77.8 cm³/mol. The summed E-state index contributed by atoms with van der Waals surface area (Å²) in [6.45, 7) is 0.739. The highest BCUT2D eigenvalue weighted by Gasteiger charge is 2.18. The first kappa shape index (κ1) is 12.9. The molecule has 1 heterocycles. The van der Waals surface area contributed by atoms with Crippen LogP contribution in [0.2, 0.25) is 5.02 Å². The molecular formula is C15H11BrClFO. The Hall–Kier alpha value is -1.06. The number of halogens is 3. The Bertz CT molecular complexity index is 630. The van der Waals surface area contributed by atoms with Crippen molar-refractivity contribution >= 4 is 27.5 Å². The molecule has 0 bridgehead atoms. The Morgan fingerprint density at radius 3 is 2.84 bits per heavy atom. The number of fused-ring (bicyclic) bond motifs is 1. The summed E-state index contributed by atoms with van der Waals surface area (Å²) in [5, 5.41) is 0.429.